The third-order valence-corrected chi connectivity index (χ3v) is 4.29. The average Bonchev–Trinajstić information content (AvgIpc) is 2.91. The van der Waals surface area contributed by atoms with Crippen LogP contribution in [0.25, 0.3) is 11.0 Å². The lowest BCUT2D eigenvalue weighted by molar-refractivity contribution is -0.121. The van der Waals surface area contributed by atoms with Gasteiger partial charge in [0.2, 0.25) is 5.91 Å². The molecule has 0 bridgehead atoms. The zero-order valence-corrected chi connectivity index (χ0v) is 14.7. The number of para-hydroxylation sites is 2. The summed E-state index contributed by atoms with van der Waals surface area (Å²) in [5.74, 6) is -0.408. The van der Waals surface area contributed by atoms with Crippen LogP contribution in [0.1, 0.15) is 15.9 Å². The van der Waals surface area contributed by atoms with E-state index in [9.17, 15) is 14.4 Å². The van der Waals surface area contributed by atoms with Crippen molar-refractivity contribution in [2.45, 2.75) is 13.1 Å². The van der Waals surface area contributed by atoms with Crippen molar-refractivity contribution in [1.82, 2.24) is 19.8 Å². The number of carbonyl (C=O) groups is 2. The molecule has 0 saturated carbocycles. The number of nitrogens with one attached hydrogen (secondary N) is 2. The molecule has 3 aromatic rings. The van der Waals surface area contributed by atoms with Gasteiger partial charge in [0, 0.05) is 26.2 Å². The third kappa shape index (κ3) is 3.37. The van der Waals surface area contributed by atoms with Crippen LogP contribution in [-0.4, -0.2) is 28.0 Å². The standard InChI is InChI=1S/C19H20N4O3/c1-20-18(25)14-9-7-13(8-10-14)11-21-17(24)12-23-16-6-4-3-5-15(16)22(2)19(23)26/h3-10H,11-12H2,1-2H3,(H,20,25)(H,21,24). The van der Waals surface area contributed by atoms with Crippen LogP contribution in [0.2, 0.25) is 0 Å². The number of rotatable bonds is 5. The van der Waals surface area contributed by atoms with E-state index in [1.54, 1.807) is 38.4 Å². The molecule has 134 valence electrons. The van der Waals surface area contributed by atoms with E-state index in [4.69, 9.17) is 0 Å². The van der Waals surface area contributed by atoms with E-state index in [0.717, 1.165) is 16.6 Å². The number of aryl methyl sites for hydroxylation is 1. The summed E-state index contributed by atoms with van der Waals surface area (Å²) in [6.07, 6.45) is 0. The van der Waals surface area contributed by atoms with Crippen molar-refractivity contribution >= 4 is 22.8 Å². The van der Waals surface area contributed by atoms with Crippen LogP contribution in [0.15, 0.2) is 53.3 Å². The molecule has 7 nitrogen and oxygen atoms in total. The number of hydrogen-bond acceptors (Lipinski definition) is 3. The Kier molecular flexibility index (Phi) is 4.88. The van der Waals surface area contributed by atoms with Gasteiger partial charge in [-0.3, -0.25) is 18.7 Å². The average molecular weight is 352 g/mol. The van der Waals surface area contributed by atoms with Crippen LogP contribution in [-0.2, 0) is 24.9 Å². The number of hydrogen-bond donors (Lipinski definition) is 2. The SMILES string of the molecule is CNC(=O)c1ccc(CNC(=O)Cn2c(=O)n(C)c3ccccc32)cc1. The Morgan fingerprint density at radius 2 is 1.65 bits per heavy atom. The Labute approximate surface area is 150 Å². The maximum absolute atomic E-state index is 12.3. The summed E-state index contributed by atoms with van der Waals surface area (Å²) in [7, 11) is 3.26. The highest BCUT2D eigenvalue weighted by Gasteiger charge is 2.13. The molecule has 3 rings (SSSR count). The molecule has 1 heterocycles. The van der Waals surface area contributed by atoms with Crippen molar-refractivity contribution in [3.8, 4) is 0 Å². The minimum atomic E-state index is -0.251. The number of amides is 2. The number of imidazole rings is 1. The summed E-state index contributed by atoms with van der Waals surface area (Å²) in [4.78, 5) is 36.1. The van der Waals surface area contributed by atoms with Crippen molar-refractivity contribution < 1.29 is 9.59 Å². The molecule has 0 aliphatic heterocycles. The lowest BCUT2D eigenvalue weighted by Gasteiger charge is -2.07. The van der Waals surface area contributed by atoms with Gasteiger partial charge in [-0.05, 0) is 29.8 Å². The van der Waals surface area contributed by atoms with E-state index in [2.05, 4.69) is 10.6 Å². The minimum absolute atomic E-state index is 0.0451. The van der Waals surface area contributed by atoms with Gasteiger partial charge >= 0.3 is 5.69 Å². The van der Waals surface area contributed by atoms with Gasteiger partial charge in [0.05, 0.1) is 11.0 Å². The molecule has 0 fully saturated rings. The van der Waals surface area contributed by atoms with Crippen molar-refractivity contribution in [3.05, 3.63) is 70.1 Å². The number of benzene rings is 2. The monoisotopic (exact) mass is 352 g/mol. The second-order valence-electron chi connectivity index (χ2n) is 5.97. The van der Waals surface area contributed by atoms with Crippen molar-refractivity contribution in [2.24, 2.45) is 7.05 Å². The maximum atomic E-state index is 12.3. The Balaban J connectivity index is 1.68. The minimum Gasteiger partial charge on any atom is -0.355 e. The van der Waals surface area contributed by atoms with Gasteiger partial charge in [0.25, 0.3) is 5.91 Å². The van der Waals surface area contributed by atoms with E-state index in [0.29, 0.717) is 12.1 Å². The highest BCUT2D eigenvalue weighted by atomic mass is 16.2. The Bertz CT molecular complexity index is 1020. The second-order valence-corrected chi connectivity index (χ2v) is 5.97. The van der Waals surface area contributed by atoms with Crippen LogP contribution in [0.3, 0.4) is 0 Å². The fraction of sp³-hybridized carbons (Fsp3) is 0.211. The van der Waals surface area contributed by atoms with Crippen LogP contribution >= 0.6 is 0 Å². The first-order chi connectivity index (χ1) is 12.5. The number of carbonyl (C=O) groups excluding carboxylic acids is 2. The predicted octanol–water partition coefficient (Wildman–Crippen LogP) is 1.02. The van der Waals surface area contributed by atoms with Gasteiger partial charge in [0.15, 0.2) is 0 Å². The molecule has 26 heavy (non-hydrogen) atoms. The van der Waals surface area contributed by atoms with Gasteiger partial charge in [-0.25, -0.2) is 4.79 Å². The summed E-state index contributed by atoms with van der Waals surface area (Å²) in [6.45, 7) is 0.281. The third-order valence-electron chi connectivity index (χ3n) is 4.29. The first-order valence-corrected chi connectivity index (χ1v) is 8.23. The molecule has 2 N–H and O–H groups in total. The zero-order chi connectivity index (χ0) is 18.7. The van der Waals surface area contributed by atoms with Gasteiger partial charge < -0.3 is 10.6 Å². The molecule has 1 aromatic heterocycles. The number of nitrogens with zero attached hydrogens (tertiary/aromatic N) is 2. The Morgan fingerprint density at radius 1 is 1.00 bits per heavy atom. The van der Waals surface area contributed by atoms with E-state index in [1.807, 2.05) is 24.3 Å². The Morgan fingerprint density at radius 3 is 2.31 bits per heavy atom. The first-order valence-electron chi connectivity index (χ1n) is 8.23. The summed E-state index contributed by atoms with van der Waals surface area (Å²) < 4.78 is 2.99. The van der Waals surface area contributed by atoms with Crippen molar-refractivity contribution in [1.29, 1.82) is 0 Å². The normalized spacial score (nSPS) is 10.7. The highest BCUT2D eigenvalue weighted by molar-refractivity contribution is 5.93. The largest absolute Gasteiger partial charge is 0.355 e. The molecule has 7 heteroatoms. The molecule has 0 atom stereocenters. The predicted molar refractivity (Wildman–Crippen MR) is 98.9 cm³/mol. The summed E-state index contributed by atoms with van der Waals surface area (Å²) in [5, 5.41) is 5.36. The molecular weight excluding hydrogens is 332 g/mol. The molecule has 0 unspecified atom stereocenters. The number of fused-ring (bicyclic) bond motifs is 1. The van der Waals surface area contributed by atoms with Gasteiger partial charge in [-0.15, -0.1) is 0 Å². The zero-order valence-electron chi connectivity index (χ0n) is 14.7. The molecule has 0 aliphatic carbocycles. The molecule has 0 spiro atoms. The van der Waals surface area contributed by atoms with E-state index in [-0.39, 0.29) is 24.0 Å². The molecule has 0 aliphatic rings. The second kappa shape index (κ2) is 7.26. The van der Waals surface area contributed by atoms with Crippen LogP contribution in [0.4, 0.5) is 0 Å². The summed E-state index contributed by atoms with van der Waals surface area (Å²) in [5.41, 5.74) is 2.72. The molecular formula is C19H20N4O3. The van der Waals surface area contributed by atoms with Gasteiger partial charge in [0.1, 0.15) is 6.54 Å². The fourth-order valence-electron chi connectivity index (χ4n) is 2.83. The molecule has 0 saturated heterocycles. The van der Waals surface area contributed by atoms with Gasteiger partial charge in [-0.2, -0.15) is 0 Å². The van der Waals surface area contributed by atoms with Crippen LogP contribution in [0, 0.1) is 0 Å². The molecule has 0 radical (unpaired) electrons. The van der Waals surface area contributed by atoms with E-state index >= 15 is 0 Å². The smallest absolute Gasteiger partial charge is 0.329 e. The summed E-state index contributed by atoms with van der Waals surface area (Å²) >= 11 is 0. The van der Waals surface area contributed by atoms with Crippen LogP contribution < -0.4 is 16.3 Å². The Hall–Kier alpha value is -3.35. The lowest BCUT2D eigenvalue weighted by atomic mass is 10.1. The summed E-state index contributed by atoms with van der Waals surface area (Å²) in [6, 6.07) is 14.3. The molecule has 2 amide bonds. The molecule has 2 aromatic carbocycles. The quantitative estimate of drug-likeness (QED) is 0.719. The lowest BCUT2D eigenvalue weighted by Crippen LogP contribution is -2.32. The highest BCUT2D eigenvalue weighted by Crippen LogP contribution is 2.11. The van der Waals surface area contributed by atoms with E-state index in [1.165, 1.54) is 9.13 Å². The topological polar surface area (TPSA) is 85.1 Å². The number of aromatic nitrogens is 2. The van der Waals surface area contributed by atoms with Crippen LogP contribution in [0.5, 0.6) is 0 Å². The maximum Gasteiger partial charge on any atom is 0.329 e. The van der Waals surface area contributed by atoms with Crippen molar-refractivity contribution in [3.63, 3.8) is 0 Å². The van der Waals surface area contributed by atoms with E-state index < -0.39 is 0 Å². The fourth-order valence-corrected chi connectivity index (χ4v) is 2.83. The van der Waals surface area contributed by atoms with Gasteiger partial charge in [-0.1, -0.05) is 24.3 Å². The first kappa shape index (κ1) is 17.5. The van der Waals surface area contributed by atoms with Crippen molar-refractivity contribution in [2.75, 3.05) is 7.05 Å².